The van der Waals surface area contributed by atoms with Crippen LogP contribution in [-0.4, -0.2) is 26.6 Å². The summed E-state index contributed by atoms with van der Waals surface area (Å²) in [5.41, 5.74) is 2.30. The van der Waals surface area contributed by atoms with Gasteiger partial charge in [-0.05, 0) is 47.6 Å². The molecule has 110 valence electrons. The molecular formula is C16H26N4. The summed E-state index contributed by atoms with van der Waals surface area (Å²) in [6, 6.07) is 2.05. The van der Waals surface area contributed by atoms with Gasteiger partial charge in [0, 0.05) is 30.2 Å². The van der Waals surface area contributed by atoms with Crippen LogP contribution in [0.3, 0.4) is 0 Å². The highest BCUT2D eigenvalue weighted by Crippen LogP contribution is 2.24. The SMILES string of the molecule is CC(C)(C)NCCc1nc2cnccc2n1C(C)(C)C. The van der Waals surface area contributed by atoms with Gasteiger partial charge < -0.3 is 9.88 Å². The van der Waals surface area contributed by atoms with Crippen molar-refractivity contribution in [1.82, 2.24) is 19.9 Å². The van der Waals surface area contributed by atoms with Gasteiger partial charge in [-0.15, -0.1) is 0 Å². The van der Waals surface area contributed by atoms with Crippen molar-refractivity contribution in [2.45, 2.75) is 59.0 Å². The van der Waals surface area contributed by atoms with Crippen molar-refractivity contribution in [2.24, 2.45) is 0 Å². The van der Waals surface area contributed by atoms with E-state index in [1.807, 2.05) is 18.5 Å². The van der Waals surface area contributed by atoms with Gasteiger partial charge in [0.25, 0.3) is 0 Å². The molecular weight excluding hydrogens is 248 g/mol. The Balaban J connectivity index is 2.32. The fourth-order valence-electron chi connectivity index (χ4n) is 2.45. The van der Waals surface area contributed by atoms with Crippen molar-refractivity contribution in [3.8, 4) is 0 Å². The lowest BCUT2D eigenvalue weighted by Gasteiger charge is -2.25. The van der Waals surface area contributed by atoms with Crippen LogP contribution < -0.4 is 5.32 Å². The Morgan fingerprint density at radius 1 is 1.15 bits per heavy atom. The molecule has 0 bridgehead atoms. The summed E-state index contributed by atoms with van der Waals surface area (Å²) in [6.07, 6.45) is 4.60. The van der Waals surface area contributed by atoms with E-state index >= 15 is 0 Å². The van der Waals surface area contributed by atoms with Crippen LogP contribution in [0.15, 0.2) is 18.5 Å². The molecule has 2 aromatic rings. The maximum atomic E-state index is 4.76. The van der Waals surface area contributed by atoms with Gasteiger partial charge in [-0.25, -0.2) is 4.98 Å². The molecule has 0 fully saturated rings. The van der Waals surface area contributed by atoms with Crippen LogP contribution in [-0.2, 0) is 12.0 Å². The van der Waals surface area contributed by atoms with Gasteiger partial charge in [0.15, 0.2) is 0 Å². The summed E-state index contributed by atoms with van der Waals surface area (Å²) in [5.74, 6) is 1.12. The van der Waals surface area contributed by atoms with Crippen molar-refractivity contribution in [3.05, 3.63) is 24.3 Å². The summed E-state index contributed by atoms with van der Waals surface area (Å²) < 4.78 is 2.33. The molecule has 2 heterocycles. The zero-order valence-electron chi connectivity index (χ0n) is 13.5. The lowest BCUT2D eigenvalue weighted by atomic mass is 10.1. The predicted molar refractivity (Wildman–Crippen MR) is 84.0 cm³/mol. The maximum absolute atomic E-state index is 4.76. The van der Waals surface area contributed by atoms with Crippen LogP contribution >= 0.6 is 0 Å². The molecule has 0 saturated carbocycles. The summed E-state index contributed by atoms with van der Waals surface area (Å²) >= 11 is 0. The van der Waals surface area contributed by atoms with Crippen molar-refractivity contribution < 1.29 is 0 Å². The van der Waals surface area contributed by atoms with E-state index in [2.05, 4.69) is 56.4 Å². The first-order valence-corrected chi connectivity index (χ1v) is 7.25. The number of rotatable bonds is 3. The Bertz CT molecular complexity index is 585. The summed E-state index contributed by atoms with van der Waals surface area (Å²) in [5, 5.41) is 3.52. The van der Waals surface area contributed by atoms with Gasteiger partial charge in [0.05, 0.1) is 11.7 Å². The molecule has 0 amide bonds. The zero-order chi connectivity index (χ0) is 15.0. The molecule has 1 N–H and O–H groups in total. The number of nitrogens with one attached hydrogen (secondary N) is 1. The van der Waals surface area contributed by atoms with Crippen LogP contribution in [0.2, 0.25) is 0 Å². The number of imidazole rings is 1. The summed E-state index contributed by atoms with van der Waals surface area (Å²) in [7, 11) is 0. The van der Waals surface area contributed by atoms with E-state index in [1.54, 1.807) is 0 Å². The number of hydrogen-bond donors (Lipinski definition) is 1. The highest BCUT2D eigenvalue weighted by Gasteiger charge is 2.21. The molecule has 0 aromatic carbocycles. The Kier molecular flexibility index (Phi) is 3.87. The largest absolute Gasteiger partial charge is 0.322 e. The number of pyridine rings is 1. The normalized spacial score (nSPS) is 13.1. The van der Waals surface area contributed by atoms with Gasteiger partial charge in [-0.1, -0.05) is 0 Å². The Morgan fingerprint density at radius 2 is 1.85 bits per heavy atom. The molecule has 0 spiro atoms. The third kappa shape index (κ3) is 3.37. The molecule has 4 heteroatoms. The minimum atomic E-state index is 0.0210. The zero-order valence-corrected chi connectivity index (χ0v) is 13.5. The van der Waals surface area contributed by atoms with Crippen LogP contribution in [0.1, 0.15) is 47.4 Å². The van der Waals surface area contributed by atoms with E-state index in [1.165, 1.54) is 5.52 Å². The first kappa shape index (κ1) is 15.0. The first-order chi connectivity index (χ1) is 9.18. The van der Waals surface area contributed by atoms with Crippen molar-refractivity contribution in [1.29, 1.82) is 0 Å². The van der Waals surface area contributed by atoms with Gasteiger partial charge in [-0.2, -0.15) is 0 Å². The summed E-state index contributed by atoms with van der Waals surface area (Å²) in [4.78, 5) is 8.94. The molecule has 0 saturated heterocycles. The number of aromatic nitrogens is 3. The molecule has 4 nitrogen and oxygen atoms in total. The van der Waals surface area contributed by atoms with Crippen LogP contribution in [0, 0.1) is 0 Å². The van der Waals surface area contributed by atoms with Gasteiger partial charge in [-0.3, -0.25) is 4.98 Å². The van der Waals surface area contributed by atoms with E-state index in [4.69, 9.17) is 4.98 Å². The van der Waals surface area contributed by atoms with Crippen molar-refractivity contribution >= 4 is 11.0 Å². The first-order valence-electron chi connectivity index (χ1n) is 7.25. The van der Waals surface area contributed by atoms with Gasteiger partial charge in [0.2, 0.25) is 0 Å². The number of nitrogens with zero attached hydrogens (tertiary/aromatic N) is 3. The minimum Gasteiger partial charge on any atom is -0.322 e. The van der Waals surface area contributed by atoms with Crippen molar-refractivity contribution in [3.63, 3.8) is 0 Å². The monoisotopic (exact) mass is 274 g/mol. The second-order valence-corrected chi connectivity index (χ2v) is 7.33. The molecule has 0 unspecified atom stereocenters. The molecule has 0 radical (unpaired) electrons. The number of hydrogen-bond acceptors (Lipinski definition) is 3. The molecule has 0 atom stereocenters. The average molecular weight is 274 g/mol. The lowest BCUT2D eigenvalue weighted by molar-refractivity contribution is 0.383. The third-order valence-corrected chi connectivity index (χ3v) is 3.20. The minimum absolute atomic E-state index is 0.0210. The molecule has 0 aliphatic rings. The smallest absolute Gasteiger partial charge is 0.111 e. The molecule has 2 rings (SSSR count). The average Bonchev–Trinajstić information content (AvgIpc) is 2.64. The fourth-order valence-corrected chi connectivity index (χ4v) is 2.45. The predicted octanol–water partition coefficient (Wildman–Crippen LogP) is 3.12. The third-order valence-electron chi connectivity index (χ3n) is 3.20. The Morgan fingerprint density at radius 3 is 2.45 bits per heavy atom. The van der Waals surface area contributed by atoms with E-state index < -0.39 is 0 Å². The molecule has 0 aliphatic carbocycles. The highest BCUT2D eigenvalue weighted by atomic mass is 15.1. The van der Waals surface area contributed by atoms with Crippen molar-refractivity contribution in [2.75, 3.05) is 6.54 Å². The van der Waals surface area contributed by atoms with E-state index in [0.29, 0.717) is 0 Å². The fraction of sp³-hybridized carbons (Fsp3) is 0.625. The van der Waals surface area contributed by atoms with E-state index in [9.17, 15) is 0 Å². The molecule has 0 aliphatic heterocycles. The molecule has 2 aromatic heterocycles. The van der Waals surface area contributed by atoms with E-state index in [-0.39, 0.29) is 11.1 Å². The molecule has 20 heavy (non-hydrogen) atoms. The highest BCUT2D eigenvalue weighted by molar-refractivity contribution is 5.75. The van der Waals surface area contributed by atoms with E-state index in [0.717, 1.165) is 24.3 Å². The quantitative estimate of drug-likeness (QED) is 0.935. The second kappa shape index (κ2) is 5.17. The number of fused-ring (bicyclic) bond motifs is 1. The van der Waals surface area contributed by atoms with Crippen LogP contribution in [0.5, 0.6) is 0 Å². The lowest BCUT2D eigenvalue weighted by Crippen LogP contribution is -2.37. The van der Waals surface area contributed by atoms with Gasteiger partial charge >= 0.3 is 0 Å². The Hall–Kier alpha value is -1.42. The van der Waals surface area contributed by atoms with Gasteiger partial charge in [0.1, 0.15) is 11.3 Å². The van der Waals surface area contributed by atoms with Crippen LogP contribution in [0.4, 0.5) is 0 Å². The summed E-state index contributed by atoms with van der Waals surface area (Å²) in [6.45, 7) is 14.1. The Labute approximate surface area is 121 Å². The van der Waals surface area contributed by atoms with Crippen LogP contribution in [0.25, 0.3) is 11.0 Å². The maximum Gasteiger partial charge on any atom is 0.111 e. The second-order valence-electron chi connectivity index (χ2n) is 7.33. The topological polar surface area (TPSA) is 42.7 Å². The standard InChI is InChI=1S/C16H26N4/c1-15(2,3)18-10-8-14-19-12-11-17-9-7-13(12)20(14)16(4,5)6/h7,9,11,18H,8,10H2,1-6H3.